The molecule has 7 heteroatoms. The van der Waals surface area contributed by atoms with Gasteiger partial charge in [0.15, 0.2) is 0 Å². The number of esters is 1. The van der Waals surface area contributed by atoms with Gasteiger partial charge in [-0.15, -0.1) is 0 Å². The molecule has 3 aromatic rings. The predicted octanol–water partition coefficient (Wildman–Crippen LogP) is 1.27. The number of carbonyl (C=O) groups is 1. The summed E-state index contributed by atoms with van der Waals surface area (Å²) in [6.45, 7) is 2.11. The molecule has 2 heterocycles. The van der Waals surface area contributed by atoms with Gasteiger partial charge in [-0.25, -0.2) is 9.78 Å². The SMILES string of the molecule is COC(=O)c1ccc2ccn(Cc3nc(C)nn3C)c(=O)c2c1. The Balaban J connectivity index is 2.08. The largest absolute Gasteiger partial charge is 0.465 e. The Labute approximate surface area is 132 Å². The van der Waals surface area contributed by atoms with Crippen LogP contribution in [0.15, 0.2) is 35.3 Å². The minimum atomic E-state index is -0.467. The van der Waals surface area contributed by atoms with Crippen molar-refractivity contribution in [1.29, 1.82) is 0 Å². The van der Waals surface area contributed by atoms with Gasteiger partial charge in [-0.3, -0.25) is 9.48 Å². The number of nitrogens with zero attached hydrogens (tertiary/aromatic N) is 4. The van der Waals surface area contributed by atoms with Crippen LogP contribution in [0, 0.1) is 6.92 Å². The lowest BCUT2D eigenvalue weighted by atomic mass is 10.1. The maximum Gasteiger partial charge on any atom is 0.337 e. The summed E-state index contributed by atoms with van der Waals surface area (Å²) in [6, 6.07) is 6.77. The average Bonchev–Trinajstić information content (AvgIpc) is 2.86. The Bertz CT molecular complexity index is 956. The molecule has 7 nitrogen and oxygen atoms in total. The van der Waals surface area contributed by atoms with Crippen LogP contribution in [-0.4, -0.2) is 32.4 Å². The van der Waals surface area contributed by atoms with E-state index < -0.39 is 5.97 Å². The first kappa shape index (κ1) is 15.0. The van der Waals surface area contributed by atoms with Crippen molar-refractivity contribution in [2.24, 2.45) is 7.05 Å². The maximum atomic E-state index is 12.7. The molecule has 0 atom stereocenters. The fourth-order valence-electron chi connectivity index (χ4n) is 2.50. The number of hydrogen-bond donors (Lipinski definition) is 0. The third-order valence-corrected chi connectivity index (χ3v) is 3.67. The van der Waals surface area contributed by atoms with E-state index in [4.69, 9.17) is 4.74 Å². The van der Waals surface area contributed by atoms with Gasteiger partial charge in [-0.2, -0.15) is 5.10 Å². The summed E-state index contributed by atoms with van der Waals surface area (Å²) in [7, 11) is 3.10. The standard InChI is InChI=1S/C16H16N4O3/c1-10-17-14(19(2)18-10)9-20-7-6-11-4-5-12(16(22)23-3)8-13(11)15(20)21/h4-8H,9H2,1-3H3. The lowest BCUT2D eigenvalue weighted by Gasteiger charge is -2.07. The molecule has 0 saturated carbocycles. The number of aromatic nitrogens is 4. The van der Waals surface area contributed by atoms with Crippen molar-refractivity contribution in [3.63, 3.8) is 0 Å². The van der Waals surface area contributed by atoms with Crippen LogP contribution < -0.4 is 5.56 Å². The monoisotopic (exact) mass is 312 g/mol. The zero-order valence-electron chi connectivity index (χ0n) is 13.1. The summed E-state index contributed by atoms with van der Waals surface area (Å²) in [5.41, 5.74) is 0.165. The number of methoxy groups -OCH3 is 1. The number of hydrogen-bond acceptors (Lipinski definition) is 5. The molecule has 3 rings (SSSR count). The van der Waals surface area contributed by atoms with Gasteiger partial charge in [0.25, 0.3) is 5.56 Å². The Kier molecular flexibility index (Phi) is 3.69. The second-order valence-electron chi connectivity index (χ2n) is 5.24. The van der Waals surface area contributed by atoms with Crippen LogP contribution in [0.1, 0.15) is 22.0 Å². The molecular formula is C16H16N4O3. The van der Waals surface area contributed by atoms with Gasteiger partial charge in [-0.05, 0) is 30.5 Å². The van der Waals surface area contributed by atoms with Crippen molar-refractivity contribution in [3.05, 3.63) is 58.0 Å². The highest BCUT2D eigenvalue weighted by Gasteiger charge is 2.11. The highest BCUT2D eigenvalue weighted by atomic mass is 16.5. The fourth-order valence-corrected chi connectivity index (χ4v) is 2.50. The normalized spacial score (nSPS) is 10.9. The second-order valence-corrected chi connectivity index (χ2v) is 5.24. The molecule has 0 unspecified atom stereocenters. The zero-order chi connectivity index (χ0) is 16.6. The number of carbonyl (C=O) groups excluding carboxylic acids is 1. The van der Waals surface area contributed by atoms with E-state index >= 15 is 0 Å². The summed E-state index contributed by atoms with van der Waals surface area (Å²) in [4.78, 5) is 28.6. The third kappa shape index (κ3) is 2.73. The number of benzene rings is 1. The molecule has 23 heavy (non-hydrogen) atoms. The number of fused-ring (bicyclic) bond motifs is 1. The zero-order valence-corrected chi connectivity index (χ0v) is 13.1. The molecule has 2 aromatic heterocycles. The Hall–Kier alpha value is -2.96. The van der Waals surface area contributed by atoms with E-state index in [2.05, 4.69) is 10.1 Å². The molecule has 118 valence electrons. The molecule has 0 aliphatic rings. The van der Waals surface area contributed by atoms with Crippen LogP contribution in [0.5, 0.6) is 0 Å². The molecule has 0 radical (unpaired) electrons. The van der Waals surface area contributed by atoms with Gasteiger partial charge < -0.3 is 9.30 Å². The van der Waals surface area contributed by atoms with E-state index in [-0.39, 0.29) is 5.56 Å². The van der Waals surface area contributed by atoms with Crippen molar-refractivity contribution in [2.45, 2.75) is 13.5 Å². The topological polar surface area (TPSA) is 79.0 Å². The van der Waals surface area contributed by atoms with Crippen LogP contribution in [0.25, 0.3) is 10.8 Å². The summed E-state index contributed by atoms with van der Waals surface area (Å²) in [5.74, 6) is 0.878. The highest BCUT2D eigenvalue weighted by molar-refractivity contribution is 5.95. The smallest absolute Gasteiger partial charge is 0.337 e. The summed E-state index contributed by atoms with van der Waals surface area (Å²) >= 11 is 0. The lowest BCUT2D eigenvalue weighted by Crippen LogP contribution is -2.22. The van der Waals surface area contributed by atoms with E-state index in [1.165, 1.54) is 7.11 Å². The first-order chi connectivity index (χ1) is 11.0. The highest BCUT2D eigenvalue weighted by Crippen LogP contribution is 2.13. The maximum absolute atomic E-state index is 12.7. The summed E-state index contributed by atoms with van der Waals surface area (Å²) < 4.78 is 7.90. The molecule has 0 aliphatic carbocycles. The molecule has 0 fully saturated rings. The molecule has 0 amide bonds. The second kappa shape index (κ2) is 5.68. The third-order valence-electron chi connectivity index (χ3n) is 3.67. The first-order valence-electron chi connectivity index (χ1n) is 7.07. The van der Waals surface area contributed by atoms with Crippen LogP contribution in [0.3, 0.4) is 0 Å². The van der Waals surface area contributed by atoms with Crippen molar-refractivity contribution >= 4 is 16.7 Å². The quantitative estimate of drug-likeness (QED) is 0.681. The van der Waals surface area contributed by atoms with Gasteiger partial charge in [0.1, 0.15) is 11.6 Å². The first-order valence-corrected chi connectivity index (χ1v) is 7.07. The number of rotatable bonds is 3. The molecule has 0 N–H and O–H groups in total. The van der Waals surface area contributed by atoms with Crippen molar-refractivity contribution < 1.29 is 9.53 Å². The van der Waals surface area contributed by atoms with Crippen LogP contribution in [-0.2, 0) is 18.3 Å². The predicted molar refractivity (Wildman–Crippen MR) is 84.4 cm³/mol. The average molecular weight is 312 g/mol. The molecule has 0 aliphatic heterocycles. The Morgan fingerprint density at radius 3 is 2.74 bits per heavy atom. The number of ether oxygens (including phenoxy) is 1. The van der Waals surface area contributed by atoms with Crippen LogP contribution in [0.4, 0.5) is 0 Å². The minimum absolute atomic E-state index is 0.186. The summed E-state index contributed by atoms with van der Waals surface area (Å²) in [6.07, 6.45) is 1.71. The van der Waals surface area contributed by atoms with Gasteiger partial charge in [-0.1, -0.05) is 6.07 Å². The molecule has 0 bridgehead atoms. The number of aryl methyl sites for hydroxylation is 2. The van der Waals surface area contributed by atoms with Gasteiger partial charge in [0.05, 0.1) is 19.2 Å². The van der Waals surface area contributed by atoms with E-state index in [0.717, 1.165) is 5.39 Å². The van der Waals surface area contributed by atoms with Gasteiger partial charge >= 0.3 is 5.97 Å². The number of pyridine rings is 1. The Morgan fingerprint density at radius 1 is 1.30 bits per heavy atom. The summed E-state index contributed by atoms with van der Waals surface area (Å²) in [5, 5.41) is 5.41. The van der Waals surface area contributed by atoms with Crippen molar-refractivity contribution in [2.75, 3.05) is 7.11 Å². The van der Waals surface area contributed by atoms with E-state index in [0.29, 0.717) is 29.1 Å². The van der Waals surface area contributed by atoms with Gasteiger partial charge in [0, 0.05) is 18.6 Å². The van der Waals surface area contributed by atoms with Crippen molar-refractivity contribution in [1.82, 2.24) is 19.3 Å². The molecule has 0 spiro atoms. The van der Waals surface area contributed by atoms with Gasteiger partial charge in [0.2, 0.25) is 0 Å². The van der Waals surface area contributed by atoms with Crippen LogP contribution >= 0.6 is 0 Å². The van der Waals surface area contributed by atoms with Crippen molar-refractivity contribution in [3.8, 4) is 0 Å². The minimum Gasteiger partial charge on any atom is -0.465 e. The van der Waals surface area contributed by atoms with E-state index in [9.17, 15) is 9.59 Å². The Morgan fingerprint density at radius 2 is 2.09 bits per heavy atom. The molecule has 0 saturated heterocycles. The molecule has 1 aromatic carbocycles. The fraction of sp³-hybridized carbons (Fsp3) is 0.250. The van der Waals surface area contributed by atoms with E-state index in [1.54, 1.807) is 47.6 Å². The molecular weight excluding hydrogens is 296 g/mol. The van der Waals surface area contributed by atoms with Crippen LogP contribution in [0.2, 0.25) is 0 Å². The van der Waals surface area contributed by atoms with E-state index in [1.807, 2.05) is 6.07 Å². The lowest BCUT2D eigenvalue weighted by molar-refractivity contribution is 0.0601.